The van der Waals surface area contributed by atoms with Gasteiger partial charge in [0, 0.05) is 19.0 Å². The third kappa shape index (κ3) is 3.47. The highest BCUT2D eigenvalue weighted by Crippen LogP contribution is 2.25. The molecule has 0 bridgehead atoms. The van der Waals surface area contributed by atoms with E-state index in [2.05, 4.69) is 22.5 Å². The Morgan fingerprint density at radius 3 is 3.00 bits per heavy atom. The number of aromatic nitrogens is 1. The van der Waals surface area contributed by atoms with Gasteiger partial charge in [-0.2, -0.15) is 0 Å². The highest BCUT2D eigenvalue weighted by Gasteiger charge is 2.22. The van der Waals surface area contributed by atoms with Gasteiger partial charge in [0.1, 0.15) is 5.52 Å². The third-order valence-corrected chi connectivity index (χ3v) is 4.47. The Balaban J connectivity index is 1.59. The Bertz CT molecular complexity index is 659. The zero-order chi connectivity index (χ0) is 15.5. The molecule has 0 aliphatic carbocycles. The minimum atomic E-state index is 0.0746. The van der Waals surface area contributed by atoms with Gasteiger partial charge in [-0.05, 0) is 56.0 Å². The first-order valence-electron chi connectivity index (χ1n) is 7.99. The second kappa shape index (κ2) is 6.48. The van der Waals surface area contributed by atoms with Crippen LogP contribution in [0.15, 0.2) is 22.6 Å². The summed E-state index contributed by atoms with van der Waals surface area (Å²) in [6, 6.07) is 5.57. The number of fused-ring (bicyclic) bond motifs is 1. The Kier molecular flexibility index (Phi) is 4.43. The number of nitrogens with one attached hydrogen (secondary N) is 2. The number of hydrogen-bond acceptors (Lipinski definition) is 4. The van der Waals surface area contributed by atoms with Crippen LogP contribution in [0, 0.1) is 18.8 Å². The molecule has 2 N–H and O–H groups in total. The standard InChI is InChI=1S/C17H23N3O2/c1-11(13-5-7-18-8-6-13)9-17(21)20-14-3-4-16-15(10-14)19-12(2)22-16/h3-4,10-11,13,18H,5-9H2,1-2H3,(H,20,21). The molecule has 1 aromatic carbocycles. The van der Waals surface area contributed by atoms with Crippen molar-refractivity contribution >= 4 is 22.7 Å². The van der Waals surface area contributed by atoms with Crippen LogP contribution in [0.4, 0.5) is 5.69 Å². The van der Waals surface area contributed by atoms with Gasteiger partial charge in [0.25, 0.3) is 0 Å². The summed E-state index contributed by atoms with van der Waals surface area (Å²) in [5, 5.41) is 6.34. The average molecular weight is 301 g/mol. The lowest BCUT2D eigenvalue weighted by molar-refractivity contribution is -0.117. The molecule has 5 nitrogen and oxygen atoms in total. The molecule has 0 saturated carbocycles. The highest BCUT2D eigenvalue weighted by atomic mass is 16.3. The van der Waals surface area contributed by atoms with Gasteiger partial charge in [0.05, 0.1) is 0 Å². The zero-order valence-electron chi connectivity index (χ0n) is 13.2. The normalized spacial score (nSPS) is 17.5. The maximum Gasteiger partial charge on any atom is 0.224 e. The lowest BCUT2D eigenvalue weighted by Gasteiger charge is -2.27. The number of rotatable bonds is 4. The Hall–Kier alpha value is -1.88. The summed E-state index contributed by atoms with van der Waals surface area (Å²) in [4.78, 5) is 16.5. The fraction of sp³-hybridized carbons (Fsp3) is 0.529. The molecule has 1 aliphatic rings. The van der Waals surface area contributed by atoms with E-state index in [0.717, 1.165) is 29.9 Å². The molecule has 118 valence electrons. The molecule has 3 rings (SSSR count). The van der Waals surface area contributed by atoms with Crippen molar-refractivity contribution in [3.8, 4) is 0 Å². The van der Waals surface area contributed by atoms with Gasteiger partial charge in [-0.25, -0.2) is 4.98 Å². The monoisotopic (exact) mass is 301 g/mol. The van der Waals surface area contributed by atoms with Crippen LogP contribution < -0.4 is 10.6 Å². The molecule has 2 aromatic rings. The fourth-order valence-electron chi connectivity index (χ4n) is 3.20. The van der Waals surface area contributed by atoms with E-state index in [1.54, 1.807) is 0 Å². The molecule has 1 amide bonds. The number of anilines is 1. The van der Waals surface area contributed by atoms with Gasteiger partial charge in [0.15, 0.2) is 11.5 Å². The van der Waals surface area contributed by atoms with Gasteiger partial charge in [-0.15, -0.1) is 0 Å². The number of carbonyl (C=O) groups is 1. The largest absolute Gasteiger partial charge is 0.441 e. The van der Waals surface area contributed by atoms with Gasteiger partial charge in [-0.3, -0.25) is 4.79 Å². The number of piperidine rings is 1. The third-order valence-electron chi connectivity index (χ3n) is 4.47. The van der Waals surface area contributed by atoms with E-state index < -0.39 is 0 Å². The summed E-state index contributed by atoms with van der Waals surface area (Å²) in [7, 11) is 0. The van der Waals surface area contributed by atoms with E-state index in [-0.39, 0.29) is 5.91 Å². The molecule has 1 fully saturated rings. The summed E-state index contributed by atoms with van der Waals surface area (Å²) < 4.78 is 5.44. The van der Waals surface area contributed by atoms with Crippen LogP contribution in [-0.2, 0) is 4.79 Å². The second-order valence-corrected chi connectivity index (χ2v) is 6.23. The molecule has 0 spiro atoms. The molecular formula is C17H23N3O2. The Morgan fingerprint density at radius 1 is 1.45 bits per heavy atom. The average Bonchev–Trinajstić information content (AvgIpc) is 2.87. The van der Waals surface area contributed by atoms with Crippen molar-refractivity contribution in [2.75, 3.05) is 18.4 Å². The maximum absolute atomic E-state index is 12.2. The van der Waals surface area contributed by atoms with Gasteiger partial charge in [-0.1, -0.05) is 6.92 Å². The topological polar surface area (TPSA) is 67.2 Å². The Morgan fingerprint density at radius 2 is 2.23 bits per heavy atom. The molecule has 0 radical (unpaired) electrons. The van der Waals surface area contributed by atoms with Crippen molar-refractivity contribution in [2.45, 2.75) is 33.1 Å². The van der Waals surface area contributed by atoms with Gasteiger partial charge < -0.3 is 15.1 Å². The molecule has 22 heavy (non-hydrogen) atoms. The van der Waals surface area contributed by atoms with Crippen molar-refractivity contribution in [2.24, 2.45) is 11.8 Å². The predicted molar refractivity (Wildman–Crippen MR) is 86.8 cm³/mol. The molecule has 1 saturated heterocycles. The van der Waals surface area contributed by atoms with Crippen LogP contribution in [0.5, 0.6) is 0 Å². The first kappa shape index (κ1) is 15.0. The zero-order valence-corrected chi connectivity index (χ0v) is 13.2. The minimum Gasteiger partial charge on any atom is -0.441 e. The van der Waals surface area contributed by atoms with Crippen molar-refractivity contribution in [3.63, 3.8) is 0 Å². The van der Waals surface area contributed by atoms with Crippen molar-refractivity contribution in [3.05, 3.63) is 24.1 Å². The summed E-state index contributed by atoms with van der Waals surface area (Å²) >= 11 is 0. The molecule has 2 heterocycles. The van der Waals surface area contributed by atoms with E-state index in [4.69, 9.17) is 4.42 Å². The second-order valence-electron chi connectivity index (χ2n) is 6.23. The lowest BCUT2D eigenvalue weighted by Crippen LogP contribution is -2.32. The minimum absolute atomic E-state index is 0.0746. The number of carbonyl (C=O) groups excluding carboxylic acids is 1. The van der Waals surface area contributed by atoms with E-state index >= 15 is 0 Å². The molecule has 5 heteroatoms. The summed E-state index contributed by atoms with van der Waals surface area (Å²) in [5.41, 5.74) is 2.31. The van der Waals surface area contributed by atoms with Crippen LogP contribution in [0.3, 0.4) is 0 Å². The summed E-state index contributed by atoms with van der Waals surface area (Å²) in [5.74, 6) is 1.77. The van der Waals surface area contributed by atoms with Crippen molar-refractivity contribution in [1.29, 1.82) is 0 Å². The highest BCUT2D eigenvalue weighted by molar-refractivity contribution is 5.92. The van der Waals surface area contributed by atoms with Crippen molar-refractivity contribution in [1.82, 2.24) is 10.3 Å². The van der Waals surface area contributed by atoms with E-state index in [0.29, 0.717) is 24.1 Å². The van der Waals surface area contributed by atoms with Crippen LogP contribution in [-0.4, -0.2) is 24.0 Å². The SMILES string of the molecule is Cc1nc2cc(NC(=O)CC(C)C3CCNCC3)ccc2o1. The van der Waals surface area contributed by atoms with E-state index in [9.17, 15) is 4.79 Å². The van der Waals surface area contributed by atoms with Crippen LogP contribution >= 0.6 is 0 Å². The fourth-order valence-corrected chi connectivity index (χ4v) is 3.20. The maximum atomic E-state index is 12.2. The number of oxazole rings is 1. The molecule has 1 atom stereocenters. The summed E-state index contributed by atoms with van der Waals surface area (Å²) in [6.07, 6.45) is 2.90. The summed E-state index contributed by atoms with van der Waals surface area (Å²) in [6.45, 7) is 6.14. The number of amides is 1. The molecule has 1 unspecified atom stereocenters. The first-order valence-corrected chi connectivity index (χ1v) is 7.99. The van der Waals surface area contributed by atoms with E-state index in [1.165, 1.54) is 12.8 Å². The van der Waals surface area contributed by atoms with Gasteiger partial charge in [0.2, 0.25) is 5.91 Å². The number of benzene rings is 1. The van der Waals surface area contributed by atoms with Crippen LogP contribution in [0.1, 0.15) is 32.1 Å². The number of aryl methyl sites for hydroxylation is 1. The number of nitrogens with zero attached hydrogens (tertiary/aromatic N) is 1. The lowest BCUT2D eigenvalue weighted by atomic mass is 9.84. The molecular weight excluding hydrogens is 278 g/mol. The smallest absolute Gasteiger partial charge is 0.224 e. The molecule has 1 aliphatic heterocycles. The predicted octanol–water partition coefficient (Wildman–Crippen LogP) is 3.10. The Labute approximate surface area is 130 Å². The van der Waals surface area contributed by atoms with Gasteiger partial charge >= 0.3 is 0 Å². The van der Waals surface area contributed by atoms with Crippen LogP contribution in [0.25, 0.3) is 11.1 Å². The van der Waals surface area contributed by atoms with Crippen molar-refractivity contribution < 1.29 is 9.21 Å². The number of hydrogen-bond donors (Lipinski definition) is 2. The van der Waals surface area contributed by atoms with Crippen LogP contribution in [0.2, 0.25) is 0 Å². The first-order chi connectivity index (χ1) is 10.6. The van der Waals surface area contributed by atoms with E-state index in [1.807, 2.05) is 25.1 Å². The quantitative estimate of drug-likeness (QED) is 0.910. The molecule has 1 aromatic heterocycles.